The van der Waals surface area contributed by atoms with Crippen LogP contribution in [0, 0.1) is 0 Å². The van der Waals surface area contributed by atoms with Crippen LogP contribution in [0.4, 0.5) is 5.69 Å². The molecule has 31 heavy (non-hydrogen) atoms. The number of carbonyl (C=O) groups excluding carboxylic acids is 1. The molecule has 3 aromatic carbocycles. The summed E-state index contributed by atoms with van der Waals surface area (Å²) in [7, 11) is 3.19. The molecule has 0 radical (unpaired) electrons. The first kappa shape index (κ1) is 18.9. The summed E-state index contributed by atoms with van der Waals surface area (Å²) in [6, 6.07) is 20.2. The number of fused-ring (bicyclic) bond motifs is 2. The Morgan fingerprint density at radius 3 is 2.16 bits per heavy atom. The van der Waals surface area contributed by atoms with Gasteiger partial charge in [-0.1, -0.05) is 48.5 Å². The predicted octanol–water partition coefficient (Wildman–Crippen LogP) is 5.39. The molecule has 0 spiro atoms. The molecular formula is C26H19NO4. The summed E-state index contributed by atoms with van der Waals surface area (Å²) in [5, 5.41) is 10.9. The predicted molar refractivity (Wildman–Crippen MR) is 120 cm³/mol. The maximum atomic E-state index is 13.1. The van der Waals surface area contributed by atoms with E-state index < -0.39 is 0 Å². The number of aliphatic hydroxyl groups excluding tert-OH is 1. The number of aliphatic hydroxyl groups is 1. The Kier molecular flexibility index (Phi) is 4.44. The lowest BCUT2D eigenvalue weighted by Crippen LogP contribution is -2.00. The maximum absolute atomic E-state index is 13.1. The number of methoxy groups -OCH3 is 2. The van der Waals surface area contributed by atoms with Crippen molar-refractivity contribution < 1.29 is 19.4 Å². The smallest absolute Gasteiger partial charge is 0.198 e. The van der Waals surface area contributed by atoms with Crippen LogP contribution >= 0.6 is 0 Å². The monoisotopic (exact) mass is 409 g/mol. The molecule has 0 atom stereocenters. The van der Waals surface area contributed by atoms with Crippen LogP contribution in [-0.4, -0.2) is 30.8 Å². The Morgan fingerprint density at radius 1 is 0.806 bits per heavy atom. The summed E-state index contributed by atoms with van der Waals surface area (Å²) < 4.78 is 10.8. The van der Waals surface area contributed by atoms with Gasteiger partial charge in [0.1, 0.15) is 22.9 Å². The van der Waals surface area contributed by atoms with Gasteiger partial charge < -0.3 is 14.6 Å². The highest BCUT2D eigenvalue weighted by molar-refractivity contribution is 6.33. The summed E-state index contributed by atoms with van der Waals surface area (Å²) in [5.41, 5.74) is 5.06. The fourth-order valence-electron chi connectivity index (χ4n) is 4.06. The van der Waals surface area contributed by atoms with Crippen molar-refractivity contribution in [1.82, 2.24) is 0 Å². The average molecular weight is 409 g/mol. The van der Waals surface area contributed by atoms with Gasteiger partial charge in [-0.2, -0.15) is 0 Å². The van der Waals surface area contributed by atoms with Gasteiger partial charge in [-0.25, -0.2) is 4.99 Å². The summed E-state index contributed by atoms with van der Waals surface area (Å²) in [5.74, 6) is 1.09. The molecular weight excluding hydrogens is 390 g/mol. The van der Waals surface area contributed by atoms with Gasteiger partial charge >= 0.3 is 0 Å². The van der Waals surface area contributed by atoms with E-state index in [9.17, 15) is 9.90 Å². The number of aliphatic imine (C=N–C) groups is 1. The van der Waals surface area contributed by atoms with Gasteiger partial charge in [0.25, 0.3) is 0 Å². The zero-order valence-corrected chi connectivity index (χ0v) is 17.0. The van der Waals surface area contributed by atoms with Crippen molar-refractivity contribution >= 4 is 28.5 Å². The van der Waals surface area contributed by atoms with E-state index in [4.69, 9.17) is 14.5 Å². The van der Waals surface area contributed by atoms with Crippen molar-refractivity contribution in [3.8, 4) is 11.5 Å². The first-order valence-corrected chi connectivity index (χ1v) is 9.82. The largest absolute Gasteiger partial charge is 0.507 e. The van der Waals surface area contributed by atoms with E-state index >= 15 is 0 Å². The Balaban J connectivity index is 1.69. The molecule has 0 aliphatic heterocycles. The Morgan fingerprint density at radius 2 is 1.48 bits per heavy atom. The van der Waals surface area contributed by atoms with Crippen LogP contribution in [0.15, 0.2) is 83.4 Å². The molecule has 5 rings (SSSR count). The van der Waals surface area contributed by atoms with Gasteiger partial charge in [-0.05, 0) is 29.3 Å². The Bertz CT molecular complexity index is 1330. The molecule has 152 valence electrons. The minimum absolute atomic E-state index is 0.00173. The van der Waals surface area contributed by atoms with E-state index in [0.717, 1.165) is 11.1 Å². The SMILES string of the molecule is COc1ccc(OC)c(N=C2C=C(C3=C(O)c4ccccc4C3=O)c3ccccc32)c1. The van der Waals surface area contributed by atoms with Crippen LogP contribution in [0.1, 0.15) is 27.0 Å². The van der Waals surface area contributed by atoms with Crippen LogP contribution in [0.2, 0.25) is 0 Å². The Labute approximate surface area is 179 Å². The number of carbonyl (C=O) groups is 1. The lowest BCUT2D eigenvalue weighted by atomic mass is 9.96. The van der Waals surface area contributed by atoms with E-state index in [-0.39, 0.29) is 11.5 Å². The average Bonchev–Trinajstić information content (AvgIpc) is 3.28. The molecule has 0 aromatic heterocycles. The molecule has 3 aromatic rings. The quantitative estimate of drug-likeness (QED) is 0.628. The lowest BCUT2D eigenvalue weighted by Gasteiger charge is -2.08. The molecule has 2 aliphatic rings. The number of allylic oxidation sites excluding steroid dienone is 3. The third-order valence-electron chi connectivity index (χ3n) is 5.56. The summed E-state index contributed by atoms with van der Waals surface area (Å²) in [6.07, 6.45) is 1.85. The van der Waals surface area contributed by atoms with Crippen molar-refractivity contribution in [1.29, 1.82) is 0 Å². The van der Waals surface area contributed by atoms with E-state index in [1.165, 1.54) is 0 Å². The first-order chi connectivity index (χ1) is 15.1. The molecule has 2 aliphatic carbocycles. The number of hydrogen-bond donors (Lipinski definition) is 1. The highest BCUT2D eigenvalue weighted by Crippen LogP contribution is 2.43. The van der Waals surface area contributed by atoms with Crippen LogP contribution in [0.5, 0.6) is 11.5 Å². The molecule has 0 fully saturated rings. The summed E-state index contributed by atoms with van der Waals surface area (Å²) >= 11 is 0. The molecule has 0 unspecified atom stereocenters. The van der Waals surface area contributed by atoms with E-state index in [0.29, 0.717) is 45.2 Å². The second-order valence-electron chi connectivity index (χ2n) is 7.24. The van der Waals surface area contributed by atoms with Crippen molar-refractivity contribution in [2.24, 2.45) is 4.99 Å². The fourth-order valence-corrected chi connectivity index (χ4v) is 4.06. The number of ether oxygens (including phenoxy) is 2. The van der Waals surface area contributed by atoms with Crippen LogP contribution < -0.4 is 9.47 Å². The molecule has 0 amide bonds. The van der Waals surface area contributed by atoms with Crippen LogP contribution in [0.3, 0.4) is 0 Å². The van der Waals surface area contributed by atoms with E-state index in [1.807, 2.05) is 42.5 Å². The first-order valence-electron chi connectivity index (χ1n) is 9.82. The van der Waals surface area contributed by atoms with Gasteiger partial charge in [0.15, 0.2) is 5.78 Å². The van der Waals surface area contributed by atoms with Crippen molar-refractivity contribution in [2.45, 2.75) is 0 Å². The zero-order valence-electron chi connectivity index (χ0n) is 17.0. The number of benzene rings is 3. The van der Waals surface area contributed by atoms with Crippen molar-refractivity contribution in [3.63, 3.8) is 0 Å². The molecule has 0 saturated carbocycles. The second-order valence-corrected chi connectivity index (χ2v) is 7.24. The minimum Gasteiger partial charge on any atom is -0.507 e. The normalized spacial score (nSPS) is 15.7. The van der Waals surface area contributed by atoms with Gasteiger partial charge in [0.2, 0.25) is 0 Å². The maximum Gasteiger partial charge on any atom is 0.198 e. The highest BCUT2D eigenvalue weighted by atomic mass is 16.5. The minimum atomic E-state index is -0.186. The molecule has 1 N–H and O–H groups in total. The topological polar surface area (TPSA) is 68.1 Å². The van der Waals surface area contributed by atoms with E-state index in [1.54, 1.807) is 44.6 Å². The lowest BCUT2D eigenvalue weighted by molar-refractivity contribution is 0.104. The van der Waals surface area contributed by atoms with Crippen LogP contribution in [-0.2, 0) is 0 Å². The molecule has 5 heteroatoms. The summed E-state index contributed by atoms with van der Waals surface area (Å²) in [6.45, 7) is 0. The summed E-state index contributed by atoms with van der Waals surface area (Å²) in [4.78, 5) is 17.9. The van der Waals surface area contributed by atoms with Crippen molar-refractivity contribution in [3.05, 3.63) is 101 Å². The number of ketones is 1. The van der Waals surface area contributed by atoms with Crippen LogP contribution in [0.25, 0.3) is 11.3 Å². The third kappa shape index (κ3) is 2.94. The standard InChI is InChI=1S/C26H19NO4/c1-30-15-11-12-23(31-2)22(13-15)27-21-14-20(16-7-3-4-8-17(16)21)24-25(28)18-9-5-6-10-19(18)26(24)29/h3-14,28H,1-2H3. The van der Waals surface area contributed by atoms with Gasteiger partial charge in [0.05, 0.1) is 25.5 Å². The van der Waals surface area contributed by atoms with E-state index in [2.05, 4.69) is 0 Å². The fraction of sp³-hybridized carbons (Fsp3) is 0.0769. The second kappa shape index (κ2) is 7.29. The van der Waals surface area contributed by atoms with Crippen molar-refractivity contribution in [2.75, 3.05) is 14.2 Å². The third-order valence-corrected chi connectivity index (χ3v) is 5.56. The number of hydrogen-bond acceptors (Lipinski definition) is 5. The molecule has 0 heterocycles. The number of rotatable bonds is 4. The highest BCUT2D eigenvalue weighted by Gasteiger charge is 2.35. The van der Waals surface area contributed by atoms with Gasteiger partial charge in [0, 0.05) is 22.8 Å². The molecule has 5 nitrogen and oxygen atoms in total. The Hall–Kier alpha value is -4.12. The van der Waals surface area contributed by atoms with Gasteiger partial charge in [-0.15, -0.1) is 0 Å². The molecule has 0 bridgehead atoms. The number of Topliss-reactive ketones (excluding diaryl/α,β-unsaturated/α-hetero) is 1. The van der Waals surface area contributed by atoms with Gasteiger partial charge in [-0.3, -0.25) is 4.79 Å². The zero-order chi connectivity index (χ0) is 21.5. The number of nitrogens with zero attached hydrogens (tertiary/aromatic N) is 1. The molecule has 0 saturated heterocycles.